The number of rotatable bonds is 7. The van der Waals surface area contributed by atoms with Crippen molar-refractivity contribution in [2.45, 2.75) is 32.9 Å². The van der Waals surface area contributed by atoms with Crippen LogP contribution in [0.15, 0.2) is 41.8 Å². The number of thiophene rings is 1. The first-order valence-corrected chi connectivity index (χ1v) is 8.55. The minimum Gasteiger partial charge on any atom is -0.348 e. The third-order valence-electron chi connectivity index (χ3n) is 3.64. The van der Waals surface area contributed by atoms with Gasteiger partial charge in [0.25, 0.3) is 0 Å². The first kappa shape index (κ1) is 16.7. The number of amides is 1. The van der Waals surface area contributed by atoms with Crippen molar-refractivity contribution in [3.8, 4) is 0 Å². The van der Waals surface area contributed by atoms with E-state index < -0.39 is 0 Å². The van der Waals surface area contributed by atoms with Crippen LogP contribution in [0.25, 0.3) is 0 Å². The predicted octanol–water partition coefficient (Wildman–Crippen LogP) is 3.62. The maximum Gasteiger partial charge on any atom is 0.234 e. The SMILES string of the molecule is CCc1ccc(CN(C)CC(=O)NC(C)c2cccs2)cc1. The molecular weight excluding hydrogens is 292 g/mol. The van der Waals surface area contributed by atoms with Gasteiger partial charge in [-0.1, -0.05) is 37.3 Å². The molecule has 1 N–H and O–H groups in total. The molecule has 22 heavy (non-hydrogen) atoms. The monoisotopic (exact) mass is 316 g/mol. The molecule has 0 saturated heterocycles. The van der Waals surface area contributed by atoms with Crippen molar-refractivity contribution in [1.29, 1.82) is 0 Å². The zero-order valence-electron chi connectivity index (χ0n) is 13.5. The third kappa shape index (κ3) is 4.97. The fourth-order valence-electron chi connectivity index (χ4n) is 2.39. The van der Waals surface area contributed by atoms with Crippen molar-refractivity contribution in [2.75, 3.05) is 13.6 Å². The van der Waals surface area contributed by atoms with Gasteiger partial charge in [0, 0.05) is 11.4 Å². The van der Waals surface area contributed by atoms with E-state index in [2.05, 4.69) is 42.6 Å². The first-order valence-electron chi connectivity index (χ1n) is 7.67. The lowest BCUT2D eigenvalue weighted by Crippen LogP contribution is -2.36. The van der Waals surface area contributed by atoms with Gasteiger partial charge in [-0.15, -0.1) is 11.3 Å². The summed E-state index contributed by atoms with van der Waals surface area (Å²) in [6.07, 6.45) is 1.05. The number of likely N-dealkylation sites (N-methyl/N-ethyl adjacent to an activating group) is 1. The van der Waals surface area contributed by atoms with E-state index in [9.17, 15) is 4.79 Å². The van der Waals surface area contributed by atoms with E-state index in [4.69, 9.17) is 0 Å². The van der Waals surface area contributed by atoms with Crippen molar-refractivity contribution >= 4 is 17.2 Å². The highest BCUT2D eigenvalue weighted by Crippen LogP contribution is 2.17. The molecule has 1 aromatic carbocycles. The molecule has 3 nitrogen and oxygen atoms in total. The summed E-state index contributed by atoms with van der Waals surface area (Å²) in [5, 5.41) is 5.08. The highest BCUT2D eigenvalue weighted by Gasteiger charge is 2.12. The first-order chi connectivity index (χ1) is 10.6. The molecule has 118 valence electrons. The van der Waals surface area contributed by atoms with Crippen LogP contribution < -0.4 is 5.32 Å². The zero-order valence-corrected chi connectivity index (χ0v) is 14.3. The van der Waals surface area contributed by atoms with Crippen molar-refractivity contribution in [1.82, 2.24) is 10.2 Å². The van der Waals surface area contributed by atoms with Gasteiger partial charge in [0.1, 0.15) is 0 Å². The molecule has 4 heteroatoms. The Morgan fingerprint density at radius 2 is 1.91 bits per heavy atom. The number of hydrogen-bond donors (Lipinski definition) is 1. The Bertz CT molecular complexity index is 578. The molecule has 1 heterocycles. The molecule has 1 amide bonds. The highest BCUT2D eigenvalue weighted by atomic mass is 32.1. The molecule has 0 saturated carbocycles. The fraction of sp³-hybridized carbons (Fsp3) is 0.389. The van der Waals surface area contributed by atoms with E-state index in [0.29, 0.717) is 6.54 Å². The van der Waals surface area contributed by atoms with Gasteiger partial charge in [0.05, 0.1) is 12.6 Å². The summed E-state index contributed by atoms with van der Waals surface area (Å²) in [5.41, 5.74) is 2.58. The zero-order chi connectivity index (χ0) is 15.9. The van der Waals surface area contributed by atoms with Gasteiger partial charge in [-0.05, 0) is 43.0 Å². The molecule has 0 spiro atoms. The quantitative estimate of drug-likeness (QED) is 0.846. The summed E-state index contributed by atoms with van der Waals surface area (Å²) in [6.45, 7) is 5.36. The van der Waals surface area contributed by atoms with Crippen molar-refractivity contribution in [3.05, 3.63) is 57.8 Å². The van der Waals surface area contributed by atoms with E-state index in [-0.39, 0.29) is 11.9 Å². The Morgan fingerprint density at radius 1 is 1.23 bits per heavy atom. The summed E-state index contributed by atoms with van der Waals surface area (Å²) in [4.78, 5) is 15.3. The molecule has 0 radical (unpaired) electrons. The lowest BCUT2D eigenvalue weighted by Gasteiger charge is -2.18. The molecule has 2 aromatic rings. The van der Waals surface area contributed by atoms with Gasteiger partial charge in [-0.2, -0.15) is 0 Å². The molecule has 0 aliphatic rings. The third-order valence-corrected chi connectivity index (χ3v) is 4.70. The Hall–Kier alpha value is -1.65. The second kappa shape index (κ2) is 8.11. The van der Waals surface area contributed by atoms with Gasteiger partial charge >= 0.3 is 0 Å². The second-order valence-corrected chi connectivity index (χ2v) is 6.63. The Morgan fingerprint density at radius 3 is 2.50 bits per heavy atom. The number of hydrogen-bond acceptors (Lipinski definition) is 3. The lowest BCUT2D eigenvalue weighted by atomic mass is 10.1. The van der Waals surface area contributed by atoms with Crippen LogP contribution in [0.5, 0.6) is 0 Å². The summed E-state index contributed by atoms with van der Waals surface area (Å²) in [6, 6.07) is 12.7. The maximum absolute atomic E-state index is 12.1. The van der Waals surface area contributed by atoms with Crippen LogP contribution in [0, 0.1) is 0 Å². The average molecular weight is 316 g/mol. The molecule has 0 fully saturated rings. The minimum atomic E-state index is 0.0635. The molecule has 2 rings (SSSR count). The van der Waals surface area contributed by atoms with E-state index in [1.165, 1.54) is 16.0 Å². The van der Waals surface area contributed by atoms with Gasteiger partial charge in [-0.25, -0.2) is 0 Å². The predicted molar refractivity (Wildman–Crippen MR) is 93.0 cm³/mol. The molecule has 1 atom stereocenters. The minimum absolute atomic E-state index is 0.0635. The Kier molecular flexibility index (Phi) is 6.16. The second-order valence-electron chi connectivity index (χ2n) is 5.65. The van der Waals surface area contributed by atoms with Crippen molar-refractivity contribution in [3.63, 3.8) is 0 Å². The van der Waals surface area contributed by atoms with Crippen LogP contribution in [0.4, 0.5) is 0 Å². The number of carbonyl (C=O) groups is 1. The van der Waals surface area contributed by atoms with E-state index in [0.717, 1.165) is 13.0 Å². The smallest absolute Gasteiger partial charge is 0.234 e. The Labute approximate surface area is 137 Å². The number of benzene rings is 1. The number of nitrogens with zero attached hydrogens (tertiary/aromatic N) is 1. The van der Waals surface area contributed by atoms with Crippen LogP contribution in [0.1, 0.15) is 35.9 Å². The topological polar surface area (TPSA) is 32.3 Å². The van der Waals surface area contributed by atoms with Crippen molar-refractivity contribution < 1.29 is 4.79 Å². The van der Waals surface area contributed by atoms with Crippen LogP contribution in [0.2, 0.25) is 0 Å². The Balaban J connectivity index is 1.80. The largest absolute Gasteiger partial charge is 0.348 e. The number of aryl methyl sites for hydroxylation is 1. The molecule has 0 aliphatic carbocycles. The van der Waals surface area contributed by atoms with E-state index >= 15 is 0 Å². The molecule has 0 aliphatic heterocycles. The van der Waals surface area contributed by atoms with Crippen LogP contribution in [-0.2, 0) is 17.8 Å². The lowest BCUT2D eigenvalue weighted by molar-refractivity contribution is -0.122. The van der Waals surface area contributed by atoms with Crippen LogP contribution in [0.3, 0.4) is 0 Å². The normalized spacial score (nSPS) is 12.4. The average Bonchev–Trinajstić information content (AvgIpc) is 3.02. The summed E-state index contributed by atoms with van der Waals surface area (Å²) < 4.78 is 0. The summed E-state index contributed by atoms with van der Waals surface area (Å²) in [5.74, 6) is 0.0635. The highest BCUT2D eigenvalue weighted by molar-refractivity contribution is 7.10. The van der Waals surface area contributed by atoms with Gasteiger partial charge in [0.2, 0.25) is 5.91 Å². The van der Waals surface area contributed by atoms with Gasteiger partial charge in [0.15, 0.2) is 0 Å². The maximum atomic E-state index is 12.1. The van der Waals surface area contributed by atoms with E-state index in [1.807, 2.05) is 30.3 Å². The number of nitrogens with one attached hydrogen (secondary N) is 1. The van der Waals surface area contributed by atoms with Gasteiger partial charge in [-0.3, -0.25) is 9.69 Å². The molecule has 1 unspecified atom stereocenters. The van der Waals surface area contributed by atoms with E-state index in [1.54, 1.807) is 11.3 Å². The number of carbonyl (C=O) groups excluding carboxylic acids is 1. The van der Waals surface area contributed by atoms with Gasteiger partial charge < -0.3 is 5.32 Å². The molecule has 1 aromatic heterocycles. The van der Waals surface area contributed by atoms with Crippen LogP contribution in [-0.4, -0.2) is 24.4 Å². The van der Waals surface area contributed by atoms with Crippen LogP contribution >= 0.6 is 11.3 Å². The van der Waals surface area contributed by atoms with Crippen molar-refractivity contribution in [2.24, 2.45) is 0 Å². The standard InChI is InChI=1S/C18H24N2OS/c1-4-15-7-9-16(10-8-15)12-20(3)13-18(21)19-14(2)17-6-5-11-22-17/h5-11,14H,4,12-13H2,1-3H3,(H,19,21). The fourth-order valence-corrected chi connectivity index (χ4v) is 3.12. The summed E-state index contributed by atoms with van der Waals surface area (Å²) in [7, 11) is 1.98. The molecule has 0 bridgehead atoms. The summed E-state index contributed by atoms with van der Waals surface area (Å²) >= 11 is 1.67. The molecular formula is C18H24N2OS.